The summed E-state index contributed by atoms with van der Waals surface area (Å²) in [6, 6.07) is 5.15. The van der Waals surface area contributed by atoms with Crippen molar-refractivity contribution in [2.75, 3.05) is 0 Å². The molecule has 0 radical (unpaired) electrons. The number of halogens is 1. The van der Waals surface area contributed by atoms with E-state index in [1.807, 2.05) is 0 Å². The quantitative estimate of drug-likeness (QED) is 0.867. The van der Waals surface area contributed by atoms with Crippen LogP contribution in [0.1, 0.15) is 45.1 Å². The van der Waals surface area contributed by atoms with E-state index in [-0.39, 0.29) is 5.75 Å². The Morgan fingerprint density at radius 1 is 1.32 bits per heavy atom. The van der Waals surface area contributed by atoms with Gasteiger partial charge in [-0.25, -0.2) is 4.39 Å². The van der Waals surface area contributed by atoms with Crippen molar-refractivity contribution in [1.82, 2.24) is 5.32 Å². The molecule has 1 aromatic rings. The molecule has 106 valence electrons. The third kappa shape index (κ3) is 3.69. The Bertz CT molecular complexity index is 419. The Morgan fingerprint density at radius 2 is 2.05 bits per heavy atom. The molecule has 1 fully saturated rings. The summed E-state index contributed by atoms with van der Waals surface area (Å²) in [4.78, 5) is 0. The minimum atomic E-state index is -0.539. The molecule has 2 unspecified atom stereocenters. The van der Waals surface area contributed by atoms with E-state index in [0.717, 1.165) is 11.5 Å². The maximum Gasteiger partial charge on any atom is 0.165 e. The minimum Gasteiger partial charge on any atom is -0.505 e. The van der Waals surface area contributed by atoms with Crippen molar-refractivity contribution in [3.8, 4) is 5.75 Å². The first-order valence-corrected chi connectivity index (χ1v) is 7.28. The Hall–Kier alpha value is -1.09. The molecule has 2 nitrogen and oxygen atoms in total. The highest BCUT2D eigenvalue weighted by Gasteiger charge is 2.26. The Balaban J connectivity index is 1.94. The number of hydrogen-bond donors (Lipinski definition) is 2. The van der Waals surface area contributed by atoms with Crippen LogP contribution in [0, 0.1) is 17.7 Å². The van der Waals surface area contributed by atoms with Crippen LogP contribution in [0.25, 0.3) is 0 Å². The Kier molecular flexibility index (Phi) is 4.81. The maximum atomic E-state index is 13.3. The minimum absolute atomic E-state index is 0.276. The van der Waals surface area contributed by atoms with Gasteiger partial charge < -0.3 is 10.4 Å². The zero-order valence-corrected chi connectivity index (χ0v) is 11.8. The molecule has 0 bridgehead atoms. The average molecular weight is 265 g/mol. The second-order valence-electron chi connectivity index (χ2n) is 5.97. The summed E-state index contributed by atoms with van der Waals surface area (Å²) in [5.41, 5.74) is 0.892. The van der Waals surface area contributed by atoms with Crippen molar-refractivity contribution < 1.29 is 9.50 Å². The highest BCUT2D eigenvalue weighted by Crippen LogP contribution is 2.30. The lowest BCUT2D eigenvalue weighted by Crippen LogP contribution is -2.40. The van der Waals surface area contributed by atoms with Crippen LogP contribution in [-0.2, 0) is 6.54 Å². The molecule has 1 aliphatic carbocycles. The van der Waals surface area contributed by atoms with Crippen molar-refractivity contribution in [3.05, 3.63) is 29.6 Å². The molecular formula is C16H24FNO. The second-order valence-corrected chi connectivity index (χ2v) is 5.97. The van der Waals surface area contributed by atoms with Crippen LogP contribution in [0.4, 0.5) is 4.39 Å². The first-order valence-electron chi connectivity index (χ1n) is 7.28. The number of benzene rings is 1. The van der Waals surface area contributed by atoms with E-state index in [1.165, 1.54) is 37.8 Å². The van der Waals surface area contributed by atoms with E-state index >= 15 is 0 Å². The Labute approximate surface area is 115 Å². The molecular weight excluding hydrogens is 241 g/mol. The molecule has 2 atom stereocenters. The number of phenolic OH excluding ortho intramolecular Hbond substituents is 1. The van der Waals surface area contributed by atoms with E-state index in [4.69, 9.17) is 0 Å². The van der Waals surface area contributed by atoms with Crippen LogP contribution >= 0.6 is 0 Å². The summed E-state index contributed by atoms with van der Waals surface area (Å²) >= 11 is 0. The van der Waals surface area contributed by atoms with Gasteiger partial charge in [-0.1, -0.05) is 32.8 Å². The summed E-state index contributed by atoms with van der Waals surface area (Å²) in [5.74, 6) is 0.592. The number of nitrogens with one attached hydrogen (secondary N) is 1. The number of aromatic hydroxyl groups is 1. The van der Waals surface area contributed by atoms with Gasteiger partial charge in [-0.15, -0.1) is 0 Å². The highest BCUT2D eigenvalue weighted by molar-refractivity contribution is 5.27. The summed E-state index contributed by atoms with van der Waals surface area (Å²) in [6.07, 6.45) is 5.11. The SMILES string of the molecule is CC(C)C1CCCCC1NCc1ccc(O)c(F)c1. The third-order valence-electron chi connectivity index (χ3n) is 4.26. The lowest BCUT2D eigenvalue weighted by molar-refractivity contribution is 0.204. The monoisotopic (exact) mass is 265 g/mol. The van der Waals surface area contributed by atoms with Crippen LogP contribution in [0.5, 0.6) is 5.75 Å². The van der Waals surface area contributed by atoms with Crippen molar-refractivity contribution in [1.29, 1.82) is 0 Å². The predicted octanol–water partition coefficient (Wildman–Crippen LogP) is 3.84. The van der Waals surface area contributed by atoms with Gasteiger partial charge in [-0.2, -0.15) is 0 Å². The van der Waals surface area contributed by atoms with E-state index in [0.29, 0.717) is 18.5 Å². The van der Waals surface area contributed by atoms with Crippen molar-refractivity contribution >= 4 is 0 Å². The summed E-state index contributed by atoms with van der Waals surface area (Å²) in [6.45, 7) is 5.24. The van der Waals surface area contributed by atoms with Gasteiger partial charge in [-0.3, -0.25) is 0 Å². The molecule has 1 aromatic carbocycles. The fourth-order valence-corrected chi connectivity index (χ4v) is 3.12. The van der Waals surface area contributed by atoms with Gasteiger partial charge in [0.2, 0.25) is 0 Å². The van der Waals surface area contributed by atoms with Crippen LogP contribution in [0.2, 0.25) is 0 Å². The maximum absolute atomic E-state index is 13.3. The average Bonchev–Trinajstić information content (AvgIpc) is 2.40. The van der Waals surface area contributed by atoms with Gasteiger partial charge in [0.05, 0.1) is 0 Å². The fraction of sp³-hybridized carbons (Fsp3) is 0.625. The molecule has 2 N–H and O–H groups in total. The largest absolute Gasteiger partial charge is 0.505 e. The van der Waals surface area contributed by atoms with Crippen molar-refractivity contribution in [2.45, 2.75) is 52.1 Å². The van der Waals surface area contributed by atoms with Gasteiger partial charge in [0.15, 0.2) is 11.6 Å². The van der Waals surface area contributed by atoms with E-state index < -0.39 is 5.82 Å². The van der Waals surface area contributed by atoms with Gasteiger partial charge in [0.25, 0.3) is 0 Å². The molecule has 0 saturated heterocycles. The molecule has 1 aliphatic rings. The molecule has 1 saturated carbocycles. The number of rotatable bonds is 4. The molecule has 2 rings (SSSR count). The molecule has 0 amide bonds. The van der Waals surface area contributed by atoms with E-state index in [1.54, 1.807) is 6.07 Å². The fourth-order valence-electron chi connectivity index (χ4n) is 3.12. The van der Waals surface area contributed by atoms with Gasteiger partial charge in [0, 0.05) is 12.6 Å². The summed E-state index contributed by atoms with van der Waals surface area (Å²) < 4.78 is 13.3. The number of phenols is 1. The molecule has 19 heavy (non-hydrogen) atoms. The predicted molar refractivity (Wildman–Crippen MR) is 75.5 cm³/mol. The lowest BCUT2D eigenvalue weighted by Gasteiger charge is -2.35. The van der Waals surface area contributed by atoms with Crippen LogP contribution < -0.4 is 5.32 Å². The van der Waals surface area contributed by atoms with E-state index in [2.05, 4.69) is 19.2 Å². The first kappa shape index (κ1) is 14.3. The molecule has 0 aliphatic heterocycles. The van der Waals surface area contributed by atoms with Gasteiger partial charge in [0.1, 0.15) is 0 Å². The molecule has 0 aromatic heterocycles. The molecule has 0 spiro atoms. The van der Waals surface area contributed by atoms with Gasteiger partial charge >= 0.3 is 0 Å². The van der Waals surface area contributed by atoms with Gasteiger partial charge in [-0.05, 0) is 42.4 Å². The highest BCUT2D eigenvalue weighted by atomic mass is 19.1. The zero-order valence-electron chi connectivity index (χ0n) is 11.8. The normalized spacial score (nSPS) is 23.8. The lowest BCUT2D eigenvalue weighted by atomic mass is 9.78. The third-order valence-corrected chi connectivity index (χ3v) is 4.26. The molecule has 0 heterocycles. The Morgan fingerprint density at radius 3 is 2.74 bits per heavy atom. The second kappa shape index (κ2) is 6.38. The summed E-state index contributed by atoms with van der Waals surface area (Å²) in [5, 5.41) is 12.7. The summed E-state index contributed by atoms with van der Waals surface area (Å²) in [7, 11) is 0. The zero-order chi connectivity index (χ0) is 13.8. The van der Waals surface area contributed by atoms with Crippen LogP contribution in [0.15, 0.2) is 18.2 Å². The molecule has 3 heteroatoms. The smallest absolute Gasteiger partial charge is 0.165 e. The number of hydrogen-bond acceptors (Lipinski definition) is 2. The standard InChI is InChI=1S/C16H24FNO/c1-11(2)13-5-3-4-6-15(13)18-10-12-7-8-16(19)14(17)9-12/h7-9,11,13,15,18-19H,3-6,10H2,1-2H3. The first-order chi connectivity index (χ1) is 9.08. The van der Waals surface area contributed by atoms with Crippen LogP contribution in [0.3, 0.4) is 0 Å². The van der Waals surface area contributed by atoms with Crippen molar-refractivity contribution in [3.63, 3.8) is 0 Å². The topological polar surface area (TPSA) is 32.3 Å². The van der Waals surface area contributed by atoms with Crippen molar-refractivity contribution in [2.24, 2.45) is 11.8 Å². The van der Waals surface area contributed by atoms with Crippen LogP contribution in [-0.4, -0.2) is 11.1 Å². The van der Waals surface area contributed by atoms with E-state index in [9.17, 15) is 9.50 Å².